The van der Waals surface area contributed by atoms with E-state index in [1.54, 1.807) is 17.4 Å². The lowest BCUT2D eigenvalue weighted by Gasteiger charge is -2.09. The van der Waals surface area contributed by atoms with Crippen molar-refractivity contribution in [2.75, 3.05) is 11.9 Å². The molecule has 0 aliphatic heterocycles. The van der Waals surface area contributed by atoms with Crippen LogP contribution in [0.15, 0.2) is 24.3 Å². The summed E-state index contributed by atoms with van der Waals surface area (Å²) in [4.78, 5) is 19.2. The molecule has 2 heterocycles. The fourth-order valence-corrected chi connectivity index (χ4v) is 2.85. The van der Waals surface area contributed by atoms with Crippen LogP contribution in [-0.4, -0.2) is 17.4 Å². The molecule has 0 aliphatic carbocycles. The van der Waals surface area contributed by atoms with E-state index in [2.05, 4.69) is 28.6 Å². The van der Waals surface area contributed by atoms with Crippen molar-refractivity contribution in [2.24, 2.45) is 0 Å². The number of rotatable bonds is 6. The first kappa shape index (κ1) is 15.5. The molecule has 5 heteroatoms. The molecule has 0 aromatic carbocycles. The normalized spacial score (nSPS) is 10.4. The van der Waals surface area contributed by atoms with Crippen LogP contribution in [0.5, 0.6) is 0 Å². The maximum absolute atomic E-state index is 12.3. The van der Waals surface area contributed by atoms with Gasteiger partial charge in [0.25, 0.3) is 5.91 Å². The fraction of sp³-hybridized carbons (Fsp3) is 0.375. The monoisotopic (exact) mass is 303 g/mol. The second-order valence-corrected chi connectivity index (χ2v) is 6.18. The van der Waals surface area contributed by atoms with Crippen molar-refractivity contribution < 1.29 is 4.79 Å². The van der Waals surface area contributed by atoms with Gasteiger partial charge >= 0.3 is 0 Å². The smallest absolute Gasteiger partial charge is 0.251 e. The van der Waals surface area contributed by atoms with Crippen molar-refractivity contribution in [3.8, 4) is 0 Å². The molecule has 2 rings (SSSR count). The second-order valence-electron chi connectivity index (χ2n) is 4.81. The second kappa shape index (κ2) is 7.22. The molecule has 112 valence electrons. The average Bonchev–Trinajstić information content (AvgIpc) is 2.90. The molecule has 2 aromatic heterocycles. The zero-order valence-electron chi connectivity index (χ0n) is 12.7. The van der Waals surface area contributed by atoms with Gasteiger partial charge in [0.1, 0.15) is 5.82 Å². The van der Waals surface area contributed by atoms with Gasteiger partial charge in [-0.3, -0.25) is 4.79 Å². The van der Waals surface area contributed by atoms with Gasteiger partial charge in [-0.15, -0.1) is 11.3 Å². The first-order valence-electron chi connectivity index (χ1n) is 7.20. The number of hydrogen-bond acceptors (Lipinski definition) is 4. The van der Waals surface area contributed by atoms with Crippen LogP contribution >= 0.6 is 11.3 Å². The molecule has 21 heavy (non-hydrogen) atoms. The summed E-state index contributed by atoms with van der Waals surface area (Å²) in [5.41, 5.74) is 1.58. The summed E-state index contributed by atoms with van der Waals surface area (Å²) in [7, 11) is 0. The minimum absolute atomic E-state index is 0.0580. The molecule has 0 saturated heterocycles. The lowest BCUT2D eigenvalue weighted by molar-refractivity contribution is 0.0951. The molecule has 2 aromatic rings. The summed E-state index contributed by atoms with van der Waals surface area (Å²) in [5.74, 6) is 0.700. The van der Waals surface area contributed by atoms with Gasteiger partial charge in [-0.1, -0.05) is 6.92 Å². The fourth-order valence-electron chi connectivity index (χ4n) is 2.02. The number of nitrogens with zero attached hydrogens (tertiary/aromatic N) is 1. The van der Waals surface area contributed by atoms with E-state index >= 15 is 0 Å². The minimum Gasteiger partial charge on any atom is -0.370 e. The zero-order valence-corrected chi connectivity index (χ0v) is 13.5. The van der Waals surface area contributed by atoms with Crippen LogP contribution in [0.2, 0.25) is 0 Å². The summed E-state index contributed by atoms with van der Waals surface area (Å²) in [6, 6.07) is 7.78. The molecular formula is C16H21N3OS. The van der Waals surface area contributed by atoms with Gasteiger partial charge in [0.05, 0.1) is 6.54 Å². The first-order valence-corrected chi connectivity index (χ1v) is 8.02. The number of thiophene rings is 1. The Hall–Kier alpha value is -1.88. The highest BCUT2D eigenvalue weighted by atomic mass is 32.1. The average molecular weight is 303 g/mol. The predicted molar refractivity (Wildman–Crippen MR) is 88.0 cm³/mol. The minimum atomic E-state index is -0.0580. The van der Waals surface area contributed by atoms with Crippen LogP contribution < -0.4 is 10.6 Å². The van der Waals surface area contributed by atoms with Crippen LogP contribution in [-0.2, 0) is 13.0 Å². The number of carbonyl (C=O) groups is 1. The molecule has 0 fully saturated rings. The topological polar surface area (TPSA) is 54.0 Å². The maximum Gasteiger partial charge on any atom is 0.251 e. The number of carbonyl (C=O) groups excluding carboxylic acids is 1. The summed E-state index contributed by atoms with van der Waals surface area (Å²) < 4.78 is 0. The van der Waals surface area contributed by atoms with Crippen molar-refractivity contribution in [3.63, 3.8) is 0 Å². The van der Waals surface area contributed by atoms with E-state index in [1.165, 1.54) is 4.88 Å². The van der Waals surface area contributed by atoms with Gasteiger partial charge in [0.15, 0.2) is 0 Å². The summed E-state index contributed by atoms with van der Waals surface area (Å²) in [6.07, 6.45) is 0.809. The van der Waals surface area contributed by atoms with Crippen molar-refractivity contribution in [2.45, 2.75) is 33.7 Å². The van der Waals surface area contributed by atoms with Gasteiger partial charge in [0.2, 0.25) is 0 Å². The number of amides is 1. The third-order valence-electron chi connectivity index (χ3n) is 3.08. The molecule has 0 aliphatic rings. The van der Waals surface area contributed by atoms with Gasteiger partial charge in [-0.25, -0.2) is 4.98 Å². The van der Waals surface area contributed by atoms with E-state index in [0.717, 1.165) is 29.4 Å². The Balaban J connectivity index is 2.08. The summed E-state index contributed by atoms with van der Waals surface area (Å²) >= 11 is 1.70. The van der Waals surface area contributed by atoms with E-state index in [9.17, 15) is 4.79 Å². The standard InChI is InChI=1S/C16H21N3OS/c1-4-13-8-12(9-15(19-13)17-5-2)16(20)18-10-14-7-6-11(3)21-14/h6-9H,4-5,10H2,1-3H3,(H,17,19)(H,18,20). The van der Waals surface area contributed by atoms with E-state index in [4.69, 9.17) is 0 Å². The molecule has 0 bridgehead atoms. The molecule has 0 radical (unpaired) electrons. The Morgan fingerprint density at radius 1 is 1.29 bits per heavy atom. The summed E-state index contributed by atoms with van der Waals surface area (Å²) in [6.45, 7) is 7.47. The van der Waals surface area contributed by atoms with Crippen LogP contribution in [0.1, 0.15) is 39.7 Å². The van der Waals surface area contributed by atoms with Crippen LogP contribution in [0.25, 0.3) is 0 Å². The largest absolute Gasteiger partial charge is 0.370 e. The van der Waals surface area contributed by atoms with Crippen LogP contribution in [0.4, 0.5) is 5.82 Å². The number of anilines is 1. The highest BCUT2D eigenvalue weighted by molar-refractivity contribution is 7.11. The molecule has 0 spiro atoms. The molecule has 4 nitrogen and oxygen atoms in total. The maximum atomic E-state index is 12.3. The highest BCUT2D eigenvalue weighted by Crippen LogP contribution is 2.15. The van der Waals surface area contributed by atoms with E-state index in [0.29, 0.717) is 12.1 Å². The number of hydrogen-bond donors (Lipinski definition) is 2. The Bertz CT molecular complexity index is 622. The Morgan fingerprint density at radius 2 is 2.10 bits per heavy atom. The van der Waals surface area contributed by atoms with Crippen molar-refractivity contribution >= 4 is 23.1 Å². The molecule has 0 saturated carbocycles. The number of aromatic nitrogens is 1. The van der Waals surface area contributed by atoms with Gasteiger partial charge in [-0.05, 0) is 44.5 Å². The van der Waals surface area contributed by atoms with Crippen molar-refractivity contribution in [1.82, 2.24) is 10.3 Å². The SMILES string of the molecule is CCNc1cc(C(=O)NCc2ccc(C)s2)cc(CC)n1. The Labute approximate surface area is 129 Å². The third kappa shape index (κ3) is 4.29. The first-order chi connectivity index (χ1) is 10.1. The van der Waals surface area contributed by atoms with Crippen LogP contribution in [0.3, 0.4) is 0 Å². The van der Waals surface area contributed by atoms with Crippen molar-refractivity contribution in [1.29, 1.82) is 0 Å². The van der Waals surface area contributed by atoms with E-state index in [1.807, 2.05) is 26.0 Å². The summed E-state index contributed by atoms with van der Waals surface area (Å²) in [5, 5.41) is 6.13. The zero-order chi connectivity index (χ0) is 15.2. The van der Waals surface area contributed by atoms with Crippen molar-refractivity contribution in [3.05, 3.63) is 45.3 Å². The number of nitrogens with one attached hydrogen (secondary N) is 2. The van der Waals surface area contributed by atoms with Gasteiger partial charge in [0, 0.05) is 27.6 Å². The van der Waals surface area contributed by atoms with E-state index < -0.39 is 0 Å². The van der Waals surface area contributed by atoms with Gasteiger partial charge < -0.3 is 10.6 Å². The number of pyridine rings is 1. The molecule has 0 atom stereocenters. The highest BCUT2D eigenvalue weighted by Gasteiger charge is 2.09. The van der Waals surface area contributed by atoms with E-state index in [-0.39, 0.29) is 5.91 Å². The Kier molecular flexibility index (Phi) is 5.33. The molecule has 2 N–H and O–H groups in total. The third-order valence-corrected chi connectivity index (χ3v) is 4.08. The number of aryl methyl sites for hydroxylation is 2. The molecule has 0 unspecified atom stereocenters. The Morgan fingerprint density at radius 3 is 2.71 bits per heavy atom. The predicted octanol–water partition coefficient (Wildman–Crippen LogP) is 3.38. The molecular weight excluding hydrogens is 282 g/mol. The van der Waals surface area contributed by atoms with Crippen LogP contribution in [0, 0.1) is 6.92 Å². The van der Waals surface area contributed by atoms with Gasteiger partial charge in [-0.2, -0.15) is 0 Å². The lowest BCUT2D eigenvalue weighted by atomic mass is 10.2. The lowest BCUT2D eigenvalue weighted by Crippen LogP contribution is -2.23. The quantitative estimate of drug-likeness (QED) is 0.860. The molecule has 1 amide bonds.